The van der Waals surface area contributed by atoms with E-state index in [0.29, 0.717) is 10.8 Å². The second-order valence-electron chi connectivity index (χ2n) is 7.35. The molecule has 1 aromatic rings. The van der Waals surface area contributed by atoms with Gasteiger partial charge in [-0.1, -0.05) is 45.9 Å². The molecule has 0 radical (unpaired) electrons. The van der Waals surface area contributed by atoms with Gasteiger partial charge in [-0.3, -0.25) is 0 Å². The lowest BCUT2D eigenvalue weighted by Gasteiger charge is -2.42. The van der Waals surface area contributed by atoms with Crippen LogP contribution < -0.4 is 0 Å². The molecule has 2 aliphatic rings. The van der Waals surface area contributed by atoms with Crippen LogP contribution in [0.5, 0.6) is 0 Å². The average molecular weight is 228 g/mol. The second-order valence-corrected chi connectivity index (χ2v) is 7.35. The maximum Gasteiger partial charge on any atom is -0.0100 e. The molecule has 0 nitrogen and oxygen atoms in total. The van der Waals surface area contributed by atoms with Crippen molar-refractivity contribution in [2.45, 2.75) is 70.1 Å². The van der Waals surface area contributed by atoms with Gasteiger partial charge in [-0.15, -0.1) is 0 Å². The fourth-order valence-electron chi connectivity index (χ4n) is 3.28. The van der Waals surface area contributed by atoms with Gasteiger partial charge in [0, 0.05) is 0 Å². The van der Waals surface area contributed by atoms with Crippen molar-refractivity contribution in [3.63, 3.8) is 0 Å². The van der Waals surface area contributed by atoms with Gasteiger partial charge >= 0.3 is 0 Å². The normalized spacial score (nSPS) is 25.4. The largest absolute Gasteiger partial charge is 0.0584 e. The molecule has 1 aromatic carbocycles. The standard InChI is InChI=1S/C17H24/c1-16(2)9-10-17(3,4)15-11-13(12-5-6-12)7-8-14(15)16/h7-8,11-12H,5-6,9-10H2,1-4H3. The molecule has 0 atom stereocenters. The highest BCUT2D eigenvalue weighted by Gasteiger charge is 2.37. The van der Waals surface area contributed by atoms with Gasteiger partial charge in [-0.2, -0.15) is 0 Å². The van der Waals surface area contributed by atoms with E-state index < -0.39 is 0 Å². The monoisotopic (exact) mass is 228 g/mol. The van der Waals surface area contributed by atoms with Crippen LogP contribution in [0.3, 0.4) is 0 Å². The van der Waals surface area contributed by atoms with E-state index in [1.54, 1.807) is 16.7 Å². The number of rotatable bonds is 1. The topological polar surface area (TPSA) is 0 Å². The van der Waals surface area contributed by atoms with Crippen LogP contribution >= 0.6 is 0 Å². The van der Waals surface area contributed by atoms with E-state index in [4.69, 9.17) is 0 Å². The molecule has 0 bridgehead atoms. The van der Waals surface area contributed by atoms with Crippen LogP contribution in [0.25, 0.3) is 0 Å². The van der Waals surface area contributed by atoms with Crippen LogP contribution in [0.15, 0.2) is 18.2 Å². The van der Waals surface area contributed by atoms with Crippen molar-refractivity contribution in [2.24, 2.45) is 0 Å². The van der Waals surface area contributed by atoms with Gasteiger partial charge in [0.25, 0.3) is 0 Å². The number of fused-ring (bicyclic) bond motifs is 1. The third-order valence-corrected chi connectivity index (χ3v) is 4.93. The summed E-state index contributed by atoms with van der Waals surface area (Å²) in [5, 5.41) is 0. The Balaban J connectivity index is 2.13. The quantitative estimate of drug-likeness (QED) is 0.640. The van der Waals surface area contributed by atoms with Crippen LogP contribution in [0.4, 0.5) is 0 Å². The van der Waals surface area contributed by atoms with E-state index >= 15 is 0 Å². The maximum atomic E-state index is 2.52. The Labute approximate surface area is 105 Å². The first-order valence-corrected chi connectivity index (χ1v) is 7.05. The van der Waals surface area contributed by atoms with E-state index in [0.717, 1.165) is 5.92 Å². The van der Waals surface area contributed by atoms with Crippen molar-refractivity contribution in [2.75, 3.05) is 0 Å². The molecule has 0 amide bonds. The first kappa shape index (κ1) is 11.3. The molecule has 1 fully saturated rings. The van der Waals surface area contributed by atoms with E-state index in [1.165, 1.54) is 25.7 Å². The fraction of sp³-hybridized carbons (Fsp3) is 0.647. The van der Waals surface area contributed by atoms with Crippen molar-refractivity contribution in [1.82, 2.24) is 0 Å². The van der Waals surface area contributed by atoms with Gasteiger partial charge in [0.15, 0.2) is 0 Å². The number of hydrogen-bond donors (Lipinski definition) is 0. The van der Waals surface area contributed by atoms with Gasteiger partial charge in [-0.05, 0) is 59.1 Å². The summed E-state index contributed by atoms with van der Waals surface area (Å²) in [6.07, 6.45) is 5.45. The Hall–Kier alpha value is -0.780. The summed E-state index contributed by atoms with van der Waals surface area (Å²) in [6, 6.07) is 7.33. The average Bonchev–Trinajstić information content (AvgIpc) is 3.08. The van der Waals surface area contributed by atoms with Crippen LogP contribution in [0.2, 0.25) is 0 Å². The molecule has 0 saturated heterocycles. The molecule has 92 valence electrons. The molecule has 1 saturated carbocycles. The summed E-state index contributed by atoms with van der Waals surface area (Å²) in [4.78, 5) is 0. The lowest BCUT2D eigenvalue weighted by Crippen LogP contribution is -2.33. The molecule has 2 aliphatic carbocycles. The predicted molar refractivity (Wildman–Crippen MR) is 73.7 cm³/mol. The van der Waals surface area contributed by atoms with Crippen LogP contribution in [0.1, 0.15) is 76.0 Å². The molecule has 17 heavy (non-hydrogen) atoms. The van der Waals surface area contributed by atoms with Crippen molar-refractivity contribution in [3.8, 4) is 0 Å². The Morgan fingerprint density at radius 1 is 0.882 bits per heavy atom. The first-order valence-electron chi connectivity index (χ1n) is 7.05. The summed E-state index contributed by atoms with van der Waals surface area (Å²) in [6.45, 7) is 9.63. The molecule has 0 unspecified atom stereocenters. The molecule has 0 aliphatic heterocycles. The third kappa shape index (κ3) is 1.82. The van der Waals surface area contributed by atoms with Gasteiger partial charge in [-0.25, -0.2) is 0 Å². The SMILES string of the molecule is CC1(C)CCC(C)(C)c2cc(C3CC3)ccc21. The summed E-state index contributed by atoms with van der Waals surface area (Å²) in [7, 11) is 0. The van der Waals surface area contributed by atoms with Crippen LogP contribution in [0, 0.1) is 0 Å². The van der Waals surface area contributed by atoms with Gasteiger partial charge in [0.1, 0.15) is 0 Å². The highest BCUT2D eigenvalue weighted by atomic mass is 14.4. The lowest BCUT2D eigenvalue weighted by molar-refractivity contribution is 0.331. The van der Waals surface area contributed by atoms with Crippen molar-refractivity contribution in [1.29, 1.82) is 0 Å². The van der Waals surface area contributed by atoms with Crippen LogP contribution in [-0.2, 0) is 10.8 Å². The molecule has 0 N–H and O–H groups in total. The Bertz CT molecular complexity index is 447. The molecule has 0 heterocycles. The van der Waals surface area contributed by atoms with Gasteiger partial charge in [0.2, 0.25) is 0 Å². The molecule has 0 heteroatoms. The maximum absolute atomic E-state index is 2.52. The van der Waals surface area contributed by atoms with E-state index in [9.17, 15) is 0 Å². The lowest BCUT2D eigenvalue weighted by atomic mass is 9.63. The molecule has 3 rings (SSSR count). The van der Waals surface area contributed by atoms with Gasteiger partial charge < -0.3 is 0 Å². The van der Waals surface area contributed by atoms with Crippen LogP contribution in [-0.4, -0.2) is 0 Å². The zero-order chi connectivity index (χ0) is 12.3. The Morgan fingerprint density at radius 3 is 2.06 bits per heavy atom. The summed E-state index contributed by atoms with van der Waals surface area (Å²) < 4.78 is 0. The summed E-state index contributed by atoms with van der Waals surface area (Å²) in [5.41, 5.74) is 5.55. The highest BCUT2D eigenvalue weighted by molar-refractivity contribution is 5.45. The van der Waals surface area contributed by atoms with Gasteiger partial charge in [0.05, 0.1) is 0 Å². The molecular formula is C17H24. The van der Waals surface area contributed by atoms with Crippen molar-refractivity contribution >= 4 is 0 Å². The minimum atomic E-state index is 0.368. The second kappa shape index (κ2) is 3.37. The first-order chi connectivity index (χ1) is 7.90. The Morgan fingerprint density at radius 2 is 1.47 bits per heavy atom. The fourth-order valence-corrected chi connectivity index (χ4v) is 3.28. The zero-order valence-corrected chi connectivity index (χ0v) is 11.6. The van der Waals surface area contributed by atoms with E-state index in [-0.39, 0.29) is 0 Å². The van der Waals surface area contributed by atoms with Crippen molar-refractivity contribution < 1.29 is 0 Å². The molecule has 0 aromatic heterocycles. The highest BCUT2D eigenvalue weighted by Crippen LogP contribution is 2.48. The predicted octanol–water partition coefficient (Wildman–Crippen LogP) is 4.91. The van der Waals surface area contributed by atoms with E-state index in [1.807, 2.05) is 0 Å². The molecular weight excluding hydrogens is 204 g/mol. The van der Waals surface area contributed by atoms with E-state index in [2.05, 4.69) is 45.9 Å². The minimum Gasteiger partial charge on any atom is -0.0584 e. The Kier molecular flexibility index (Phi) is 2.24. The molecule has 0 spiro atoms. The third-order valence-electron chi connectivity index (χ3n) is 4.93. The summed E-state index contributed by atoms with van der Waals surface area (Å²) >= 11 is 0. The summed E-state index contributed by atoms with van der Waals surface area (Å²) in [5.74, 6) is 0.876. The van der Waals surface area contributed by atoms with Crippen molar-refractivity contribution in [3.05, 3.63) is 34.9 Å². The smallest absolute Gasteiger partial charge is 0.0100 e. The minimum absolute atomic E-state index is 0.368. The number of hydrogen-bond acceptors (Lipinski definition) is 0. The number of benzene rings is 1. The zero-order valence-electron chi connectivity index (χ0n) is 11.6.